The Morgan fingerprint density at radius 2 is 1.95 bits per heavy atom. The highest BCUT2D eigenvalue weighted by molar-refractivity contribution is 7.90. The maximum Gasteiger partial charge on any atom is 0.312 e. The van der Waals surface area contributed by atoms with Crippen molar-refractivity contribution in [2.75, 3.05) is 12.9 Å². The molecule has 0 heterocycles. The third-order valence-corrected chi connectivity index (χ3v) is 4.72. The molecule has 5 heteroatoms. The van der Waals surface area contributed by atoms with Crippen molar-refractivity contribution in [3.63, 3.8) is 0 Å². The molecule has 0 saturated carbocycles. The van der Waals surface area contributed by atoms with Crippen molar-refractivity contribution >= 4 is 15.8 Å². The Bertz CT molecular complexity index is 559. The fourth-order valence-electron chi connectivity index (χ4n) is 1.99. The third-order valence-electron chi connectivity index (χ3n) is 2.79. The van der Waals surface area contributed by atoms with E-state index < -0.39 is 21.2 Å². The number of hydrogen-bond acceptors (Lipinski definition) is 4. The first-order chi connectivity index (χ1) is 8.66. The van der Waals surface area contributed by atoms with Gasteiger partial charge in [-0.2, -0.15) is 0 Å². The summed E-state index contributed by atoms with van der Waals surface area (Å²) in [7, 11) is -2.10. The van der Waals surface area contributed by atoms with Gasteiger partial charge < -0.3 is 4.74 Å². The van der Waals surface area contributed by atoms with Crippen LogP contribution in [0.1, 0.15) is 25.0 Å². The van der Waals surface area contributed by atoms with Gasteiger partial charge >= 0.3 is 5.97 Å². The molecule has 0 N–H and O–H groups in total. The first kappa shape index (κ1) is 15.7. The summed E-state index contributed by atoms with van der Waals surface area (Å²) >= 11 is 0. The van der Waals surface area contributed by atoms with E-state index in [-0.39, 0.29) is 11.5 Å². The molecule has 1 aromatic carbocycles. The fraction of sp³-hybridized carbons (Fsp3) is 0.500. The van der Waals surface area contributed by atoms with E-state index in [1.54, 1.807) is 19.9 Å². The highest BCUT2D eigenvalue weighted by Crippen LogP contribution is 2.22. The van der Waals surface area contributed by atoms with Crippen molar-refractivity contribution in [1.82, 2.24) is 0 Å². The molecule has 0 aromatic heterocycles. The Kier molecular flexibility index (Phi) is 4.74. The summed E-state index contributed by atoms with van der Waals surface area (Å²) in [5.74, 6) is -0.796. The summed E-state index contributed by atoms with van der Waals surface area (Å²) in [6.07, 6.45) is 0. The van der Waals surface area contributed by atoms with Gasteiger partial charge in [0, 0.05) is 0 Å². The van der Waals surface area contributed by atoms with Crippen LogP contribution in [0.25, 0.3) is 0 Å². The van der Waals surface area contributed by atoms with Gasteiger partial charge in [0.1, 0.15) is 0 Å². The summed E-state index contributed by atoms with van der Waals surface area (Å²) < 4.78 is 28.9. The minimum atomic E-state index is -3.37. The average Bonchev–Trinajstić information content (AvgIpc) is 2.25. The molecule has 0 aliphatic carbocycles. The van der Waals surface area contributed by atoms with E-state index in [0.717, 1.165) is 11.1 Å². The van der Waals surface area contributed by atoms with E-state index in [4.69, 9.17) is 0 Å². The molecule has 0 bridgehead atoms. The lowest BCUT2D eigenvalue weighted by Gasteiger charge is -2.21. The van der Waals surface area contributed by atoms with Gasteiger partial charge in [-0.25, -0.2) is 8.42 Å². The predicted octanol–water partition coefficient (Wildman–Crippen LogP) is 2.11. The summed E-state index contributed by atoms with van der Waals surface area (Å²) in [5, 5.41) is 0. The van der Waals surface area contributed by atoms with Crippen molar-refractivity contribution < 1.29 is 17.9 Å². The Morgan fingerprint density at radius 3 is 2.47 bits per heavy atom. The molecular weight excluding hydrogens is 264 g/mol. The number of carbonyl (C=O) groups is 1. The van der Waals surface area contributed by atoms with Crippen molar-refractivity contribution in [3.8, 4) is 0 Å². The molecule has 0 fully saturated rings. The van der Waals surface area contributed by atoms with E-state index >= 15 is 0 Å². The summed E-state index contributed by atoms with van der Waals surface area (Å²) in [6.45, 7) is 5.06. The molecule has 0 saturated heterocycles. The molecule has 106 valence electrons. The van der Waals surface area contributed by atoms with Gasteiger partial charge in [0.15, 0.2) is 9.84 Å². The van der Waals surface area contributed by atoms with Gasteiger partial charge in [0.2, 0.25) is 0 Å². The number of benzene rings is 1. The lowest BCUT2D eigenvalue weighted by molar-refractivity contribution is -0.149. The van der Waals surface area contributed by atoms with Crippen LogP contribution >= 0.6 is 0 Å². The van der Waals surface area contributed by atoms with E-state index in [0.29, 0.717) is 0 Å². The monoisotopic (exact) mass is 284 g/mol. The number of esters is 1. The SMILES string of the molecule is COC(=O)C(C)(C)CS(=O)(=O)Cc1cccc(C)c1. The van der Waals surface area contributed by atoms with Crippen LogP contribution in [-0.4, -0.2) is 27.2 Å². The molecule has 1 rings (SSSR count). The second kappa shape index (κ2) is 5.74. The van der Waals surface area contributed by atoms with Crippen molar-refractivity contribution in [2.24, 2.45) is 5.41 Å². The van der Waals surface area contributed by atoms with Crippen molar-refractivity contribution in [3.05, 3.63) is 35.4 Å². The Morgan fingerprint density at radius 1 is 1.32 bits per heavy atom. The van der Waals surface area contributed by atoms with Crippen molar-refractivity contribution in [2.45, 2.75) is 26.5 Å². The zero-order valence-corrected chi connectivity index (χ0v) is 12.6. The molecule has 19 heavy (non-hydrogen) atoms. The Labute approximate surface area is 114 Å². The molecule has 0 radical (unpaired) electrons. The Balaban J connectivity index is 2.86. The maximum atomic E-state index is 12.1. The highest BCUT2D eigenvalue weighted by Gasteiger charge is 2.34. The Hall–Kier alpha value is -1.36. The lowest BCUT2D eigenvalue weighted by atomic mass is 9.97. The van der Waals surface area contributed by atoms with Crippen LogP contribution in [0.5, 0.6) is 0 Å². The predicted molar refractivity (Wildman–Crippen MR) is 74.5 cm³/mol. The fourth-order valence-corrected chi connectivity index (χ4v) is 4.00. The van der Waals surface area contributed by atoms with E-state index in [1.165, 1.54) is 7.11 Å². The van der Waals surface area contributed by atoms with Crippen LogP contribution in [-0.2, 0) is 25.1 Å². The average molecular weight is 284 g/mol. The number of rotatable bonds is 5. The van der Waals surface area contributed by atoms with Gasteiger partial charge in [0.25, 0.3) is 0 Å². The van der Waals surface area contributed by atoms with Gasteiger partial charge in [-0.3, -0.25) is 4.79 Å². The number of ether oxygens (including phenoxy) is 1. The topological polar surface area (TPSA) is 60.4 Å². The van der Waals surface area contributed by atoms with Gasteiger partial charge in [-0.15, -0.1) is 0 Å². The number of sulfone groups is 1. The summed E-state index contributed by atoms with van der Waals surface area (Å²) in [5.41, 5.74) is 0.720. The second-order valence-electron chi connectivity index (χ2n) is 5.40. The molecular formula is C14H20O4S. The molecule has 0 spiro atoms. The third kappa shape index (κ3) is 4.67. The zero-order valence-electron chi connectivity index (χ0n) is 11.8. The second-order valence-corrected chi connectivity index (χ2v) is 7.46. The minimum Gasteiger partial charge on any atom is -0.469 e. The molecule has 4 nitrogen and oxygen atoms in total. The number of carbonyl (C=O) groups excluding carboxylic acids is 1. The van der Waals surface area contributed by atoms with Crippen LogP contribution in [0.3, 0.4) is 0 Å². The lowest BCUT2D eigenvalue weighted by Crippen LogP contribution is -2.34. The smallest absolute Gasteiger partial charge is 0.312 e. The van der Waals surface area contributed by atoms with Gasteiger partial charge in [-0.1, -0.05) is 29.8 Å². The molecule has 0 aliphatic rings. The van der Waals surface area contributed by atoms with Crippen LogP contribution in [0.4, 0.5) is 0 Å². The largest absolute Gasteiger partial charge is 0.469 e. The summed E-state index contributed by atoms with van der Waals surface area (Å²) in [6, 6.07) is 7.35. The maximum absolute atomic E-state index is 12.1. The number of aryl methyl sites for hydroxylation is 1. The molecule has 0 aliphatic heterocycles. The standard InChI is InChI=1S/C14H20O4S/c1-11-6-5-7-12(8-11)9-19(16,17)10-14(2,3)13(15)18-4/h5-8H,9-10H2,1-4H3. The molecule has 0 unspecified atom stereocenters. The first-order valence-corrected chi connectivity index (χ1v) is 7.83. The number of methoxy groups -OCH3 is 1. The molecule has 0 atom stereocenters. The van der Waals surface area contributed by atoms with Crippen LogP contribution in [0.2, 0.25) is 0 Å². The van der Waals surface area contributed by atoms with Crippen LogP contribution in [0.15, 0.2) is 24.3 Å². The zero-order chi connectivity index (χ0) is 14.7. The first-order valence-electron chi connectivity index (χ1n) is 6.01. The van der Waals surface area contributed by atoms with E-state index in [1.807, 2.05) is 25.1 Å². The highest BCUT2D eigenvalue weighted by atomic mass is 32.2. The molecule has 1 aromatic rings. The van der Waals surface area contributed by atoms with E-state index in [9.17, 15) is 13.2 Å². The quantitative estimate of drug-likeness (QED) is 0.777. The minimum absolute atomic E-state index is 0.0604. The molecule has 0 amide bonds. The van der Waals surface area contributed by atoms with E-state index in [2.05, 4.69) is 4.74 Å². The normalized spacial score (nSPS) is 12.2. The van der Waals surface area contributed by atoms with Gasteiger partial charge in [0.05, 0.1) is 24.0 Å². The summed E-state index contributed by atoms with van der Waals surface area (Å²) in [4.78, 5) is 11.5. The number of hydrogen-bond donors (Lipinski definition) is 0. The van der Waals surface area contributed by atoms with Crippen molar-refractivity contribution in [1.29, 1.82) is 0 Å². The van der Waals surface area contributed by atoms with Gasteiger partial charge in [-0.05, 0) is 26.3 Å². The van der Waals surface area contributed by atoms with Crippen LogP contribution in [0, 0.1) is 12.3 Å². The van der Waals surface area contributed by atoms with Crippen LogP contribution < -0.4 is 0 Å².